The number of piperazine rings is 1. The van der Waals surface area contributed by atoms with Gasteiger partial charge in [-0.1, -0.05) is 22.0 Å². The Hall–Kier alpha value is -1.14. The smallest absolute Gasteiger partial charge is 0.0717 e. The van der Waals surface area contributed by atoms with Crippen molar-refractivity contribution in [3.8, 4) is 0 Å². The molecule has 3 heterocycles. The predicted molar refractivity (Wildman–Crippen MR) is 96.6 cm³/mol. The van der Waals surface area contributed by atoms with Crippen LogP contribution in [0.1, 0.15) is 16.5 Å². The van der Waals surface area contributed by atoms with Crippen LogP contribution in [0.3, 0.4) is 0 Å². The molecular formula is C17H18BrN3S. The van der Waals surface area contributed by atoms with Crippen molar-refractivity contribution < 1.29 is 0 Å². The number of aromatic amines is 1. The summed E-state index contributed by atoms with van der Waals surface area (Å²) in [6.45, 7) is 4.30. The number of hydrogen-bond acceptors (Lipinski definition) is 3. The number of hydrogen-bond donors (Lipinski definition) is 2. The molecule has 22 heavy (non-hydrogen) atoms. The highest BCUT2D eigenvalue weighted by Gasteiger charge is 2.26. The van der Waals surface area contributed by atoms with Gasteiger partial charge in [-0.2, -0.15) is 0 Å². The molecule has 2 N–H and O–H groups in total. The molecule has 3 nitrogen and oxygen atoms in total. The fraction of sp³-hybridized carbons (Fsp3) is 0.294. The second-order valence-electron chi connectivity index (χ2n) is 5.64. The van der Waals surface area contributed by atoms with E-state index >= 15 is 0 Å². The summed E-state index contributed by atoms with van der Waals surface area (Å²) >= 11 is 5.46. The third-order valence-corrected chi connectivity index (χ3v) is 5.72. The Morgan fingerprint density at radius 2 is 2.05 bits per heavy atom. The number of H-pyrrole nitrogens is 1. The van der Waals surface area contributed by atoms with Crippen LogP contribution in [0, 0.1) is 0 Å². The van der Waals surface area contributed by atoms with E-state index in [0.29, 0.717) is 6.04 Å². The standard InChI is InChI=1S/C17H18BrN3S/c18-12-3-4-15-13(10-12)14(11-20-15)17(16-2-1-9-22-16)21-7-5-19-6-8-21/h1-4,9-11,17,19-20H,5-8H2/t17-/m0/s1. The molecule has 0 aliphatic carbocycles. The van der Waals surface area contributed by atoms with Gasteiger partial charge in [-0.15, -0.1) is 11.3 Å². The summed E-state index contributed by atoms with van der Waals surface area (Å²) in [5.74, 6) is 0. The van der Waals surface area contributed by atoms with Gasteiger partial charge < -0.3 is 10.3 Å². The maximum Gasteiger partial charge on any atom is 0.0717 e. The van der Waals surface area contributed by atoms with Crippen molar-refractivity contribution in [3.05, 3.63) is 56.8 Å². The van der Waals surface area contributed by atoms with Gasteiger partial charge in [0.25, 0.3) is 0 Å². The molecule has 114 valence electrons. The largest absolute Gasteiger partial charge is 0.361 e. The molecular weight excluding hydrogens is 358 g/mol. The van der Waals surface area contributed by atoms with Crippen LogP contribution in [-0.2, 0) is 0 Å². The molecule has 3 aromatic rings. The predicted octanol–water partition coefficient (Wildman–Crippen LogP) is 3.99. The highest BCUT2D eigenvalue weighted by atomic mass is 79.9. The third kappa shape index (κ3) is 2.63. The van der Waals surface area contributed by atoms with E-state index in [1.165, 1.54) is 21.3 Å². The van der Waals surface area contributed by atoms with Gasteiger partial charge in [0, 0.05) is 52.6 Å². The lowest BCUT2D eigenvalue weighted by Gasteiger charge is -2.34. The summed E-state index contributed by atoms with van der Waals surface area (Å²) in [6.07, 6.45) is 2.18. The molecule has 2 aromatic heterocycles. The average molecular weight is 376 g/mol. The van der Waals surface area contributed by atoms with Crippen molar-refractivity contribution in [1.82, 2.24) is 15.2 Å². The van der Waals surface area contributed by atoms with Crippen molar-refractivity contribution in [3.63, 3.8) is 0 Å². The van der Waals surface area contributed by atoms with Crippen molar-refractivity contribution in [2.75, 3.05) is 26.2 Å². The van der Waals surface area contributed by atoms with Crippen molar-refractivity contribution >= 4 is 38.2 Å². The fourth-order valence-electron chi connectivity index (χ4n) is 3.26. The zero-order chi connectivity index (χ0) is 14.9. The number of nitrogens with one attached hydrogen (secondary N) is 2. The van der Waals surface area contributed by atoms with Gasteiger partial charge in [-0.05, 0) is 35.2 Å². The molecule has 0 spiro atoms. The number of aromatic nitrogens is 1. The van der Waals surface area contributed by atoms with Crippen LogP contribution in [0.15, 0.2) is 46.4 Å². The summed E-state index contributed by atoms with van der Waals surface area (Å²) in [5, 5.41) is 6.94. The van der Waals surface area contributed by atoms with Crippen LogP contribution in [0.4, 0.5) is 0 Å². The van der Waals surface area contributed by atoms with Crippen LogP contribution in [0.25, 0.3) is 10.9 Å². The number of nitrogens with zero attached hydrogens (tertiary/aromatic N) is 1. The molecule has 0 unspecified atom stereocenters. The van der Waals surface area contributed by atoms with Gasteiger partial charge in [-0.3, -0.25) is 4.90 Å². The quantitative estimate of drug-likeness (QED) is 0.724. The zero-order valence-electron chi connectivity index (χ0n) is 12.2. The summed E-state index contributed by atoms with van der Waals surface area (Å²) < 4.78 is 1.13. The Bertz CT molecular complexity index is 759. The van der Waals surface area contributed by atoms with E-state index in [-0.39, 0.29) is 0 Å². The van der Waals surface area contributed by atoms with E-state index in [0.717, 1.165) is 30.7 Å². The highest BCUT2D eigenvalue weighted by Crippen LogP contribution is 2.36. The molecule has 0 saturated carbocycles. The summed E-state index contributed by atoms with van der Waals surface area (Å²) in [4.78, 5) is 7.45. The van der Waals surface area contributed by atoms with Crippen molar-refractivity contribution in [2.45, 2.75) is 6.04 Å². The average Bonchev–Trinajstić information content (AvgIpc) is 3.20. The molecule has 5 heteroatoms. The first-order valence-corrected chi connectivity index (χ1v) is 9.25. The van der Waals surface area contributed by atoms with Gasteiger partial charge in [0.2, 0.25) is 0 Å². The van der Waals surface area contributed by atoms with Crippen molar-refractivity contribution in [2.24, 2.45) is 0 Å². The zero-order valence-corrected chi connectivity index (χ0v) is 14.6. The van der Waals surface area contributed by atoms with Gasteiger partial charge in [0.15, 0.2) is 0 Å². The summed E-state index contributed by atoms with van der Waals surface area (Å²) in [7, 11) is 0. The molecule has 1 aromatic carbocycles. The summed E-state index contributed by atoms with van der Waals surface area (Å²) in [6, 6.07) is 11.2. The van der Waals surface area contributed by atoms with Crippen molar-refractivity contribution in [1.29, 1.82) is 0 Å². The van der Waals surface area contributed by atoms with Crippen LogP contribution in [-0.4, -0.2) is 36.1 Å². The second-order valence-corrected chi connectivity index (χ2v) is 7.53. The van der Waals surface area contributed by atoms with Crippen LogP contribution in [0.5, 0.6) is 0 Å². The number of thiophene rings is 1. The van der Waals surface area contributed by atoms with E-state index in [4.69, 9.17) is 0 Å². The Balaban J connectivity index is 1.83. The lowest BCUT2D eigenvalue weighted by atomic mass is 10.0. The fourth-order valence-corrected chi connectivity index (χ4v) is 4.50. The lowest BCUT2D eigenvalue weighted by molar-refractivity contribution is 0.201. The van der Waals surface area contributed by atoms with Crippen LogP contribution < -0.4 is 5.32 Å². The highest BCUT2D eigenvalue weighted by molar-refractivity contribution is 9.10. The molecule has 1 aliphatic rings. The molecule has 1 saturated heterocycles. The Labute approximate surface area is 142 Å². The van der Waals surface area contributed by atoms with E-state index in [1.54, 1.807) is 0 Å². The summed E-state index contributed by atoms with van der Waals surface area (Å²) in [5.41, 5.74) is 2.58. The maximum atomic E-state index is 3.61. The van der Waals surface area contributed by atoms with Gasteiger partial charge in [0.05, 0.1) is 6.04 Å². The molecule has 1 aliphatic heterocycles. The SMILES string of the molecule is Brc1ccc2[nH]cc([C@@H](c3cccs3)N3CCNCC3)c2c1. The van der Waals surface area contributed by atoms with E-state index in [9.17, 15) is 0 Å². The van der Waals surface area contributed by atoms with E-state index in [2.05, 4.69) is 73.0 Å². The number of halogens is 1. The Morgan fingerprint density at radius 1 is 1.18 bits per heavy atom. The van der Waals surface area contributed by atoms with Crippen LogP contribution >= 0.6 is 27.3 Å². The Morgan fingerprint density at radius 3 is 2.82 bits per heavy atom. The molecule has 0 bridgehead atoms. The minimum atomic E-state index is 0.338. The molecule has 1 fully saturated rings. The van der Waals surface area contributed by atoms with Gasteiger partial charge >= 0.3 is 0 Å². The number of fused-ring (bicyclic) bond motifs is 1. The molecule has 0 radical (unpaired) electrons. The minimum Gasteiger partial charge on any atom is -0.361 e. The molecule has 0 amide bonds. The number of benzene rings is 1. The first kappa shape index (κ1) is 14.5. The van der Waals surface area contributed by atoms with E-state index in [1.807, 2.05) is 11.3 Å². The van der Waals surface area contributed by atoms with E-state index < -0.39 is 0 Å². The monoisotopic (exact) mass is 375 g/mol. The second kappa shape index (κ2) is 6.16. The number of rotatable bonds is 3. The molecule has 4 rings (SSSR count). The van der Waals surface area contributed by atoms with Gasteiger partial charge in [0.1, 0.15) is 0 Å². The maximum absolute atomic E-state index is 3.61. The topological polar surface area (TPSA) is 31.1 Å². The third-order valence-electron chi connectivity index (χ3n) is 4.30. The minimum absolute atomic E-state index is 0.338. The van der Waals surface area contributed by atoms with Gasteiger partial charge in [-0.25, -0.2) is 0 Å². The Kier molecular flexibility index (Phi) is 4.05. The first-order chi connectivity index (χ1) is 10.8. The van der Waals surface area contributed by atoms with Crippen LogP contribution in [0.2, 0.25) is 0 Å². The normalized spacial score (nSPS) is 17.9. The first-order valence-electron chi connectivity index (χ1n) is 7.57. The lowest BCUT2D eigenvalue weighted by Crippen LogP contribution is -2.45. The molecule has 1 atom stereocenters.